The zero-order valence-electron chi connectivity index (χ0n) is 17.2. The van der Waals surface area contributed by atoms with Crippen LogP contribution in [0.4, 0.5) is 4.39 Å². The van der Waals surface area contributed by atoms with Crippen molar-refractivity contribution >= 4 is 10.0 Å². The number of para-hydroxylation sites is 1. The van der Waals surface area contributed by atoms with Crippen molar-refractivity contribution in [1.29, 1.82) is 0 Å². The zero-order valence-corrected chi connectivity index (χ0v) is 18.0. The smallest absolute Gasteiger partial charge is 0.246 e. The number of sulfonamides is 1. The van der Waals surface area contributed by atoms with Gasteiger partial charge in [-0.1, -0.05) is 36.4 Å². The van der Waals surface area contributed by atoms with Crippen molar-refractivity contribution in [2.75, 3.05) is 19.6 Å². The van der Waals surface area contributed by atoms with Gasteiger partial charge in [-0.3, -0.25) is 4.90 Å². The van der Waals surface area contributed by atoms with E-state index in [9.17, 15) is 12.8 Å². The van der Waals surface area contributed by atoms with Crippen LogP contribution >= 0.6 is 0 Å². The Morgan fingerprint density at radius 3 is 2.42 bits per heavy atom. The third-order valence-electron chi connectivity index (χ3n) is 6.40. The summed E-state index contributed by atoms with van der Waals surface area (Å²) >= 11 is 0. The Hall–Kier alpha value is -2.55. The molecule has 1 saturated heterocycles. The van der Waals surface area contributed by atoms with Gasteiger partial charge in [-0.15, -0.1) is 0 Å². The summed E-state index contributed by atoms with van der Waals surface area (Å²) in [5.41, 5.74) is 3.03. The molecule has 3 aromatic rings. The maximum atomic E-state index is 14.0. The highest BCUT2D eigenvalue weighted by atomic mass is 32.2. The van der Waals surface area contributed by atoms with Crippen molar-refractivity contribution < 1.29 is 12.8 Å². The Morgan fingerprint density at radius 1 is 0.935 bits per heavy atom. The van der Waals surface area contributed by atoms with Crippen molar-refractivity contribution in [1.82, 2.24) is 19.0 Å². The third kappa shape index (κ3) is 3.91. The molecule has 6 nitrogen and oxygen atoms in total. The summed E-state index contributed by atoms with van der Waals surface area (Å²) in [5, 5.41) is 4.08. The molecular weight excluding hydrogens is 415 g/mol. The highest BCUT2D eigenvalue weighted by molar-refractivity contribution is 7.89. The summed E-state index contributed by atoms with van der Waals surface area (Å²) in [7, 11) is -3.66. The first-order valence-corrected chi connectivity index (χ1v) is 12.1. The molecule has 0 unspecified atom stereocenters. The standard InChI is InChI=1S/C23H25FN4O2S/c24-22-7-3-4-8-23(22)28-17-21(15-25-28)31(29,30)27-13-10-20(11-14-27)26-12-9-18-5-1-2-6-19(18)16-26/h1-8,15,17,20H,9-14,16H2. The molecule has 1 fully saturated rings. The minimum Gasteiger partial charge on any atom is -0.296 e. The molecule has 1 aromatic heterocycles. The molecule has 0 radical (unpaired) electrons. The number of fused-ring (bicyclic) bond motifs is 1. The van der Waals surface area contributed by atoms with Gasteiger partial charge >= 0.3 is 0 Å². The van der Waals surface area contributed by atoms with E-state index in [-0.39, 0.29) is 10.6 Å². The molecule has 0 bridgehead atoms. The minimum atomic E-state index is -3.66. The van der Waals surface area contributed by atoms with Crippen molar-refractivity contribution in [2.24, 2.45) is 0 Å². The van der Waals surface area contributed by atoms with Crippen molar-refractivity contribution in [3.63, 3.8) is 0 Å². The van der Waals surface area contributed by atoms with Gasteiger partial charge in [0, 0.05) is 32.2 Å². The highest BCUT2D eigenvalue weighted by Crippen LogP contribution is 2.27. The fourth-order valence-electron chi connectivity index (χ4n) is 4.63. The van der Waals surface area contributed by atoms with Crippen molar-refractivity contribution in [3.8, 4) is 5.69 Å². The molecule has 2 aliphatic rings. The normalized spacial score (nSPS) is 18.7. The predicted octanol–water partition coefficient (Wildman–Crippen LogP) is 3.22. The number of hydrogen-bond acceptors (Lipinski definition) is 4. The topological polar surface area (TPSA) is 58.4 Å². The van der Waals surface area contributed by atoms with E-state index in [0.29, 0.717) is 19.1 Å². The van der Waals surface area contributed by atoms with Crippen molar-refractivity contribution in [2.45, 2.75) is 36.7 Å². The first kappa shape index (κ1) is 20.4. The number of benzene rings is 2. The Morgan fingerprint density at radius 2 is 1.65 bits per heavy atom. The largest absolute Gasteiger partial charge is 0.296 e. The number of aromatic nitrogens is 2. The number of halogens is 1. The van der Waals surface area contributed by atoms with E-state index in [1.54, 1.807) is 18.2 Å². The van der Waals surface area contributed by atoms with Crippen LogP contribution in [0.5, 0.6) is 0 Å². The fourth-order valence-corrected chi connectivity index (χ4v) is 6.04. The first-order valence-electron chi connectivity index (χ1n) is 10.6. The molecule has 31 heavy (non-hydrogen) atoms. The van der Waals surface area contributed by atoms with Gasteiger partial charge in [0.1, 0.15) is 16.4 Å². The maximum absolute atomic E-state index is 14.0. The number of piperidine rings is 1. The van der Waals surface area contributed by atoms with E-state index < -0.39 is 15.8 Å². The van der Waals surface area contributed by atoms with Crippen LogP contribution in [0.25, 0.3) is 5.69 Å². The molecule has 2 aliphatic heterocycles. The van der Waals surface area contributed by atoms with Crippen LogP contribution in [0, 0.1) is 5.82 Å². The van der Waals surface area contributed by atoms with Crippen LogP contribution in [-0.4, -0.2) is 53.1 Å². The Labute approximate surface area is 182 Å². The summed E-state index contributed by atoms with van der Waals surface area (Å²) in [6.45, 7) is 2.92. The molecule has 5 rings (SSSR count). The molecule has 0 spiro atoms. The van der Waals surface area contributed by atoms with Gasteiger partial charge in [0.25, 0.3) is 0 Å². The summed E-state index contributed by atoms with van der Waals surface area (Å²) in [6.07, 6.45) is 5.35. The first-order chi connectivity index (χ1) is 15.0. The molecule has 8 heteroatoms. The van der Waals surface area contributed by atoms with E-state index in [0.717, 1.165) is 32.4 Å². The van der Waals surface area contributed by atoms with E-state index in [2.05, 4.69) is 34.3 Å². The molecule has 2 aromatic carbocycles. The molecular formula is C23H25FN4O2S. The minimum absolute atomic E-state index is 0.0982. The van der Waals surface area contributed by atoms with Gasteiger partial charge in [-0.25, -0.2) is 17.5 Å². The summed E-state index contributed by atoms with van der Waals surface area (Å²) in [6, 6.07) is 15.1. The molecule has 3 heterocycles. The quantitative estimate of drug-likeness (QED) is 0.625. The third-order valence-corrected chi connectivity index (χ3v) is 8.25. The highest BCUT2D eigenvalue weighted by Gasteiger charge is 2.33. The van der Waals surface area contributed by atoms with E-state index in [4.69, 9.17) is 0 Å². The predicted molar refractivity (Wildman–Crippen MR) is 116 cm³/mol. The van der Waals surface area contributed by atoms with Crippen LogP contribution in [0.1, 0.15) is 24.0 Å². The van der Waals surface area contributed by atoms with Gasteiger partial charge in [0.05, 0.1) is 12.4 Å². The van der Waals surface area contributed by atoms with Crippen molar-refractivity contribution in [3.05, 3.63) is 77.9 Å². The SMILES string of the molecule is O=S(=O)(c1cnn(-c2ccccc2F)c1)N1CCC(N2CCc3ccccc3C2)CC1. The van der Waals surface area contributed by atoms with E-state index in [1.165, 1.54) is 38.6 Å². The van der Waals surface area contributed by atoms with Gasteiger partial charge in [0.2, 0.25) is 10.0 Å². The van der Waals surface area contributed by atoms with Gasteiger partial charge in [0.15, 0.2) is 0 Å². The monoisotopic (exact) mass is 440 g/mol. The molecule has 0 atom stereocenters. The lowest BCUT2D eigenvalue weighted by molar-refractivity contribution is 0.126. The fraction of sp³-hybridized carbons (Fsp3) is 0.348. The molecule has 0 N–H and O–H groups in total. The number of nitrogens with zero attached hydrogens (tertiary/aromatic N) is 4. The van der Waals surface area contributed by atoms with Crippen LogP contribution in [0.15, 0.2) is 65.8 Å². The molecule has 0 saturated carbocycles. The number of rotatable bonds is 4. The summed E-state index contributed by atoms with van der Waals surface area (Å²) in [5.74, 6) is -0.446. The average Bonchev–Trinajstić information content (AvgIpc) is 3.30. The average molecular weight is 441 g/mol. The second-order valence-corrected chi connectivity index (χ2v) is 10.1. The van der Waals surface area contributed by atoms with Crippen LogP contribution < -0.4 is 0 Å². The molecule has 0 amide bonds. The lowest BCUT2D eigenvalue weighted by atomic mass is 9.96. The van der Waals surface area contributed by atoms with Crippen LogP contribution in [0.2, 0.25) is 0 Å². The molecule has 0 aliphatic carbocycles. The lowest BCUT2D eigenvalue weighted by Crippen LogP contribution is -2.47. The van der Waals surface area contributed by atoms with Crippen LogP contribution in [-0.2, 0) is 23.0 Å². The summed E-state index contributed by atoms with van der Waals surface area (Å²) in [4.78, 5) is 2.59. The second kappa shape index (κ2) is 8.18. The second-order valence-electron chi connectivity index (χ2n) is 8.20. The summed E-state index contributed by atoms with van der Waals surface area (Å²) < 4.78 is 43.1. The lowest BCUT2D eigenvalue weighted by Gasteiger charge is -2.40. The van der Waals surface area contributed by atoms with Gasteiger partial charge in [-0.05, 0) is 42.5 Å². The van der Waals surface area contributed by atoms with E-state index in [1.807, 2.05) is 0 Å². The Kier molecular flexibility index (Phi) is 5.37. The molecule has 162 valence electrons. The van der Waals surface area contributed by atoms with Gasteiger partial charge < -0.3 is 0 Å². The van der Waals surface area contributed by atoms with Crippen LogP contribution in [0.3, 0.4) is 0 Å². The Balaban J connectivity index is 1.26. The van der Waals surface area contributed by atoms with Gasteiger partial charge in [-0.2, -0.15) is 9.40 Å². The number of hydrogen-bond donors (Lipinski definition) is 0. The van der Waals surface area contributed by atoms with E-state index >= 15 is 0 Å². The Bertz CT molecular complexity index is 1190. The maximum Gasteiger partial charge on any atom is 0.246 e. The zero-order chi connectivity index (χ0) is 21.4.